The van der Waals surface area contributed by atoms with Crippen LogP contribution < -0.4 is 9.64 Å². The molecule has 0 spiro atoms. The molecule has 3 rings (SSSR count). The minimum Gasteiger partial charge on any atom is -0.475 e. The van der Waals surface area contributed by atoms with Gasteiger partial charge in [-0.15, -0.1) is 0 Å². The van der Waals surface area contributed by atoms with Crippen LogP contribution >= 0.6 is 0 Å². The van der Waals surface area contributed by atoms with Crippen molar-refractivity contribution >= 4 is 5.82 Å². The summed E-state index contributed by atoms with van der Waals surface area (Å²) in [6, 6.07) is 3.96. The number of hydrogen-bond acceptors (Lipinski definition) is 7. The molecule has 0 radical (unpaired) electrons. The standard InChI is InChI=1S/C19H27N5O2/c1-13(2)16-10-18(26-8-7-25-4)23-19(22-16)15-5-6-24(11-15)17-9-14(3)20-12-21-17/h9-10,12-13,15H,5-8,11H2,1-4H3. The van der Waals surface area contributed by atoms with Gasteiger partial charge >= 0.3 is 0 Å². The van der Waals surface area contributed by atoms with Crippen LogP contribution in [0.1, 0.15) is 49.3 Å². The van der Waals surface area contributed by atoms with Crippen LogP contribution in [-0.2, 0) is 4.74 Å². The summed E-state index contributed by atoms with van der Waals surface area (Å²) in [6.07, 6.45) is 2.62. The number of ether oxygens (including phenoxy) is 2. The zero-order chi connectivity index (χ0) is 18.5. The fraction of sp³-hybridized carbons (Fsp3) is 0.579. The summed E-state index contributed by atoms with van der Waals surface area (Å²) in [6.45, 7) is 9.08. The average Bonchev–Trinajstić information content (AvgIpc) is 3.12. The monoisotopic (exact) mass is 357 g/mol. The Kier molecular flexibility index (Phi) is 5.98. The van der Waals surface area contributed by atoms with Crippen LogP contribution in [0.15, 0.2) is 18.5 Å². The van der Waals surface area contributed by atoms with Crippen LogP contribution in [0.4, 0.5) is 5.82 Å². The van der Waals surface area contributed by atoms with Crippen LogP contribution in [0.5, 0.6) is 5.88 Å². The molecular formula is C19H27N5O2. The van der Waals surface area contributed by atoms with Crippen molar-refractivity contribution in [3.05, 3.63) is 35.7 Å². The third-order valence-corrected chi connectivity index (χ3v) is 4.54. The van der Waals surface area contributed by atoms with Crippen molar-refractivity contribution in [2.45, 2.75) is 39.0 Å². The molecule has 1 unspecified atom stereocenters. The van der Waals surface area contributed by atoms with Crippen molar-refractivity contribution in [1.29, 1.82) is 0 Å². The number of methoxy groups -OCH3 is 1. The van der Waals surface area contributed by atoms with Crippen molar-refractivity contribution in [1.82, 2.24) is 19.9 Å². The van der Waals surface area contributed by atoms with Gasteiger partial charge < -0.3 is 14.4 Å². The molecule has 140 valence electrons. The Bertz CT molecular complexity index is 738. The molecule has 3 heterocycles. The Morgan fingerprint density at radius 2 is 2.04 bits per heavy atom. The molecule has 0 bridgehead atoms. The quantitative estimate of drug-likeness (QED) is 0.705. The van der Waals surface area contributed by atoms with E-state index in [2.05, 4.69) is 33.7 Å². The molecule has 0 N–H and O–H groups in total. The molecule has 0 aromatic carbocycles. The SMILES string of the molecule is COCCOc1cc(C(C)C)nc(C2CCN(c3cc(C)ncn3)C2)n1. The summed E-state index contributed by atoms with van der Waals surface area (Å²) in [5, 5.41) is 0. The summed E-state index contributed by atoms with van der Waals surface area (Å²) in [7, 11) is 1.66. The fourth-order valence-electron chi connectivity index (χ4n) is 3.04. The molecule has 0 saturated carbocycles. The van der Waals surface area contributed by atoms with Gasteiger partial charge in [-0.05, 0) is 19.3 Å². The van der Waals surface area contributed by atoms with Gasteiger partial charge in [0.25, 0.3) is 0 Å². The van der Waals surface area contributed by atoms with Crippen molar-refractivity contribution < 1.29 is 9.47 Å². The molecular weight excluding hydrogens is 330 g/mol. The second-order valence-electron chi connectivity index (χ2n) is 6.93. The minimum absolute atomic E-state index is 0.272. The van der Waals surface area contributed by atoms with E-state index in [0.717, 1.165) is 42.5 Å². The van der Waals surface area contributed by atoms with Crippen LogP contribution in [0.2, 0.25) is 0 Å². The highest BCUT2D eigenvalue weighted by Crippen LogP contribution is 2.30. The predicted molar refractivity (Wildman–Crippen MR) is 99.8 cm³/mol. The van der Waals surface area contributed by atoms with E-state index in [0.29, 0.717) is 25.0 Å². The molecule has 1 atom stereocenters. The van der Waals surface area contributed by atoms with Gasteiger partial charge in [-0.2, -0.15) is 4.98 Å². The van der Waals surface area contributed by atoms with Gasteiger partial charge in [-0.3, -0.25) is 0 Å². The van der Waals surface area contributed by atoms with Crippen LogP contribution in [-0.4, -0.2) is 53.3 Å². The van der Waals surface area contributed by atoms with Gasteiger partial charge in [-0.1, -0.05) is 13.8 Å². The maximum Gasteiger partial charge on any atom is 0.216 e. The molecule has 1 aliphatic heterocycles. The molecule has 2 aromatic rings. The topological polar surface area (TPSA) is 73.3 Å². The largest absolute Gasteiger partial charge is 0.475 e. The van der Waals surface area contributed by atoms with Gasteiger partial charge in [0.1, 0.15) is 24.6 Å². The molecule has 0 aliphatic carbocycles. The van der Waals surface area contributed by atoms with Gasteiger partial charge in [0, 0.05) is 43.9 Å². The van der Waals surface area contributed by atoms with E-state index in [1.165, 1.54) is 0 Å². The predicted octanol–water partition coefficient (Wildman–Crippen LogP) is 2.72. The summed E-state index contributed by atoms with van der Waals surface area (Å²) in [4.78, 5) is 20.3. The highest BCUT2D eigenvalue weighted by molar-refractivity contribution is 5.41. The summed E-state index contributed by atoms with van der Waals surface area (Å²) in [5.41, 5.74) is 1.99. The van der Waals surface area contributed by atoms with Crippen molar-refractivity contribution in [3.63, 3.8) is 0 Å². The fourth-order valence-corrected chi connectivity index (χ4v) is 3.04. The number of hydrogen-bond donors (Lipinski definition) is 0. The van der Waals surface area contributed by atoms with Crippen LogP contribution in [0.25, 0.3) is 0 Å². The molecule has 2 aromatic heterocycles. The third-order valence-electron chi connectivity index (χ3n) is 4.54. The lowest BCUT2D eigenvalue weighted by molar-refractivity contribution is 0.143. The van der Waals surface area contributed by atoms with Crippen molar-refractivity contribution in [3.8, 4) is 5.88 Å². The lowest BCUT2D eigenvalue weighted by Crippen LogP contribution is -2.21. The number of nitrogens with zero attached hydrogens (tertiary/aromatic N) is 5. The Morgan fingerprint density at radius 1 is 1.19 bits per heavy atom. The summed E-state index contributed by atoms with van der Waals surface area (Å²) < 4.78 is 10.8. The number of rotatable bonds is 7. The van der Waals surface area contributed by atoms with E-state index < -0.39 is 0 Å². The van der Waals surface area contributed by atoms with Gasteiger partial charge in [0.05, 0.1) is 12.3 Å². The normalized spacial score (nSPS) is 17.1. The zero-order valence-corrected chi connectivity index (χ0v) is 16.0. The van der Waals surface area contributed by atoms with E-state index in [9.17, 15) is 0 Å². The van der Waals surface area contributed by atoms with E-state index in [1.807, 2.05) is 19.1 Å². The van der Waals surface area contributed by atoms with Gasteiger partial charge in [-0.25, -0.2) is 15.0 Å². The molecule has 1 saturated heterocycles. The molecule has 7 nitrogen and oxygen atoms in total. The minimum atomic E-state index is 0.272. The van der Waals surface area contributed by atoms with E-state index in [4.69, 9.17) is 14.5 Å². The average molecular weight is 357 g/mol. The third kappa shape index (κ3) is 4.46. The highest BCUT2D eigenvalue weighted by Gasteiger charge is 2.28. The molecule has 0 amide bonds. The molecule has 26 heavy (non-hydrogen) atoms. The first-order valence-corrected chi connectivity index (χ1v) is 9.11. The highest BCUT2D eigenvalue weighted by atomic mass is 16.5. The van der Waals surface area contributed by atoms with Gasteiger partial charge in [0.15, 0.2) is 0 Å². The molecule has 1 fully saturated rings. The maximum absolute atomic E-state index is 5.75. The Labute approximate surface area is 154 Å². The second-order valence-corrected chi connectivity index (χ2v) is 6.93. The lowest BCUT2D eigenvalue weighted by atomic mass is 10.1. The smallest absolute Gasteiger partial charge is 0.216 e. The Balaban J connectivity index is 1.77. The summed E-state index contributed by atoms with van der Waals surface area (Å²) in [5.74, 6) is 3.05. The number of aromatic nitrogens is 4. The molecule has 7 heteroatoms. The van der Waals surface area contributed by atoms with E-state index in [1.54, 1.807) is 13.4 Å². The van der Waals surface area contributed by atoms with Crippen molar-refractivity contribution in [2.75, 3.05) is 38.3 Å². The zero-order valence-electron chi connectivity index (χ0n) is 16.0. The van der Waals surface area contributed by atoms with Crippen molar-refractivity contribution in [2.24, 2.45) is 0 Å². The van der Waals surface area contributed by atoms with Crippen LogP contribution in [0.3, 0.4) is 0 Å². The van der Waals surface area contributed by atoms with E-state index >= 15 is 0 Å². The first kappa shape index (κ1) is 18.5. The summed E-state index contributed by atoms with van der Waals surface area (Å²) >= 11 is 0. The first-order chi connectivity index (χ1) is 12.6. The van der Waals surface area contributed by atoms with E-state index in [-0.39, 0.29) is 5.92 Å². The Hall–Kier alpha value is -2.28. The maximum atomic E-state index is 5.75. The second kappa shape index (κ2) is 8.40. The Morgan fingerprint density at radius 3 is 2.77 bits per heavy atom. The number of aryl methyl sites for hydroxylation is 1. The first-order valence-electron chi connectivity index (χ1n) is 9.11. The number of anilines is 1. The molecule has 1 aliphatic rings. The lowest BCUT2D eigenvalue weighted by Gasteiger charge is -2.18. The van der Waals surface area contributed by atoms with Crippen LogP contribution in [0, 0.1) is 6.92 Å². The van der Waals surface area contributed by atoms with Gasteiger partial charge in [0.2, 0.25) is 5.88 Å².